The molecule has 88 valence electrons. The summed E-state index contributed by atoms with van der Waals surface area (Å²) >= 11 is 6.69. The molecule has 0 saturated heterocycles. The number of hydrogen-bond acceptors (Lipinski definition) is 2. The molecule has 0 aliphatic heterocycles. The Bertz CT molecular complexity index is 532. The van der Waals surface area contributed by atoms with E-state index in [1.165, 1.54) is 12.1 Å². The van der Waals surface area contributed by atoms with Crippen LogP contribution in [0.1, 0.15) is 5.56 Å². The molecule has 1 aromatic carbocycles. The van der Waals surface area contributed by atoms with E-state index >= 15 is 0 Å². The fraction of sp³-hybridized carbons (Fsp3) is 0.0833. The number of pyridine rings is 1. The van der Waals surface area contributed by atoms with Crippen LogP contribution in [-0.4, -0.2) is 4.98 Å². The SMILES string of the molecule is Fc1ccc(CNc2cccnc2Br)c(Br)c1. The molecule has 0 radical (unpaired) electrons. The average Bonchev–Trinajstić information content (AvgIpc) is 2.30. The second-order valence-electron chi connectivity index (χ2n) is 3.43. The molecule has 0 saturated carbocycles. The maximum atomic E-state index is 12.9. The number of aromatic nitrogens is 1. The zero-order valence-electron chi connectivity index (χ0n) is 8.75. The number of benzene rings is 1. The summed E-state index contributed by atoms with van der Waals surface area (Å²) in [4.78, 5) is 4.11. The summed E-state index contributed by atoms with van der Waals surface area (Å²) in [5.41, 5.74) is 1.89. The molecular weight excluding hydrogens is 351 g/mol. The van der Waals surface area contributed by atoms with Crippen molar-refractivity contribution in [3.63, 3.8) is 0 Å². The van der Waals surface area contributed by atoms with Gasteiger partial charge < -0.3 is 5.32 Å². The summed E-state index contributed by atoms with van der Waals surface area (Å²) in [7, 11) is 0. The maximum Gasteiger partial charge on any atom is 0.129 e. The zero-order valence-corrected chi connectivity index (χ0v) is 11.9. The molecule has 2 aromatic rings. The van der Waals surface area contributed by atoms with Crippen molar-refractivity contribution in [2.75, 3.05) is 5.32 Å². The first kappa shape index (κ1) is 12.5. The van der Waals surface area contributed by atoms with Gasteiger partial charge in [-0.15, -0.1) is 0 Å². The lowest BCUT2D eigenvalue weighted by atomic mass is 10.2. The van der Waals surface area contributed by atoms with Crippen molar-refractivity contribution in [2.45, 2.75) is 6.54 Å². The molecule has 1 aromatic heterocycles. The molecule has 5 heteroatoms. The Morgan fingerprint density at radius 3 is 2.76 bits per heavy atom. The monoisotopic (exact) mass is 358 g/mol. The van der Waals surface area contributed by atoms with Crippen LogP contribution >= 0.6 is 31.9 Å². The number of nitrogens with one attached hydrogen (secondary N) is 1. The molecule has 0 aliphatic rings. The highest BCUT2D eigenvalue weighted by Crippen LogP contribution is 2.22. The van der Waals surface area contributed by atoms with Gasteiger partial charge in [-0.1, -0.05) is 22.0 Å². The highest BCUT2D eigenvalue weighted by Gasteiger charge is 2.03. The van der Waals surface area contributed by atoms with Crippen LogP contribution in [0, 0.1) is 5.82 Å². The smallest absolute Gasteiger partial charge is 0.129 e. The molecule has 0 aliphatic carbocycles. The Labute approximate surface area is 116 Å². The Hall–Kier alpha value is -0.940. The van der Waals surface area contributed by atoms with Gasteiger partial charge >= 0.3 is 0 Å². The highest BCUT2D eigenvalue weighted by molar-refractivity contribution is 9.10. The molecule has 0 bridgehead atoms. The van der Waals surface area contributed by atoms with Gasteiger partial charge in [0.05, 0.1) is 5.69 Å². The Kier molecular flexibility index (Phi) is 4.12. The second kappa shape index (κ2) is 5.60. The van der Waals surface area contributed by atoms with E-state index in [2.05, 4.69) is 42.2 Å². The van der Waals surface area contributed by atoms with E-state index < -0.39 is 0 Å². The van der Waals surface area contributed by atoms with Gasteiger partial charge in [0.2, 0.25) is 0 Å². The van der Waals surface area contributed by atoms with Crippen LogP contribution in [0.4, 0.5) is 10.1 Å². The van der Waals surface area contributed by atoms with Crippen LogP contribution in [0.5, 0.6) is 0 Å². The first-order valence-electron chi connectivity index (χ1n) is 4.95. The first-order chi connectivity index (χ1) is 8.16. The van der Waals surface area contributed by atoms with Crippen molar-refractivity contribution in [3.05, 3.63) is 57.0 Å². The van der Waals surface area contributed by atoms with Crippen molar-refractivity contribution in [1.82, 2.24) is 4.98 Å². The third kappa shape index (κ3) is 3.26. The summed E-state index contributed by atoms with van der Waals surface area (Å²) < 4.78 is 14.4. The van der Waals surface area contributed by atoms with E-state index in [1.807, 2.05) is 12.1 Å². The number of nitrogens with zero attached hydrogens (tertiary/aromatic N) is 1. The van der Waals surface area contributed by atoms with Crippen LogP contribution in [-0.2, 0) is 6.54 Å². The third-order valence-corrected chi connectivity index (χ3v) is 3.61. The zero-order chi connectivity index (χ0) is 12.3. The van der Waals surface area contributed by atoms with Crippen LogP contribution in [0.25, 0.3) is 0 Å². The van der Waals surface area contributed by atoms with E-state index in [0.717, 1.165) is 20.3 Å². The maximum absolute atomic E-state index is 12.9. The Balaban J connectivity index is 2.10. The van der Waals surface area contributed by atoms with Gasteiger partial charge in [0.1, 0.15) is 10.4 Å². The topological polar surface area (TPSA) is 24.9 Å². The summed E-state index contributed by atoms with van der Waals surface area (Å²) in [6, 6.07) is 8.42. The molecule has 2 nitrogen and oxygen atoms in total. The number of hydrogen-bond donors (Lipinski definition) is 1. The van der Waals surface area contributed by atoms with E-state index in [-0.39, 0.29) is 5.82 Å². The van der Waals surface area contributed by atoms with Crippen LogP contribution < -0.4 is 5.32 Å². The molecule has 0 unspecified atom stereocenters. The lowest BCUT2D eigenvalue weighted by Gasteiger charge is -2.09. The highest BCUT2D eigenvalue weighted by atomic mass is 79.9. The molecule has 1 N–H and O–H groups in total. The van der Waals surface area contributed by atoms with Gasteiger partial charge in [-0.3, -0.25) is 0 Å². The average molecular weight is 360 g/mol. The number of anilines is 1. The van der Waals surface area contributed by atoms with Gasteiger partial charge in [-0.05, 0) is 45.8 Å². The minimum atomic E-state index is -0.247. The summed E-state index contributed by atoms with van der Waals surface area (Å²) in [5.74, 6) is -0.247. The van der Waals surface area contributed by atoms with E-state index in [4.69, 9.17) is 0 Å². The predicted octanol–water partition coefficient (Wildman–Crippen LogP) is 4.36. The molecule has 2 rings (SSSR count). The molecule has 1 heterocycles. The fourth-order valence-corrected chi connectivity index (χ4v) is 2.25. The first-order valence-corrected chi connectivity index (χ1v) is 6.54. The number of halogens is 3. The van der Waals surface area contributed by atoms with E-state index in [9.17, 15) is 4.39 Å². The van der Waals surface area contributed by atoms with Crippen LogP contribution in [0.15, 0.2) is 45.6 Å². The van der Waals surface area contributed by atoms with Crippen LogP contribution in [0.3, 0.4) is 0 Å². The van der Waals surface area contributed by atoms with Crippen LogP contribution in [0.2, 0.25) is 0 Å². The normalized spacial score (nSPS) is 10.3. The second-order valence-corrected chi connectivity index (χ2v) is 5.04. The minimum Gasteiger partial charge on any atom is -0.379 e. The number of rotatable bonds is 3. The van der Waals surface area contributed by atoms with Gasteiger partial charge in [-0.25, -0.2) is 9.37 Å². The fourth-order valence-electron chi connectivity index (χ4n) is 1.37. The van der Waals surface area contributed by atoms with Gasteiger partial charge in [-0.2, -0.15) is 0 Å². The predicted molar refractivity (Wildman–Crippen MR) is 73.4 cm³/mol. The van der Waals surface area contributed by atoms with E-state index in [1.54, 1.807) is 12.3 Å². The summed E-state index contributed by atoms with van der Waals surface area (Å²) in [6.07, 6.45) is 1.71. The quantitative estimate of drug-likeness (QED) is 0.823. The van der Waals surface area contributed by atoms with Crippen molar-refractivity contribution >= 4 is 37.5 Å². The molecule has 0 atom stereocenters. The summed E-state index contributed by atoms with van der Waals surface area (Å²) in [5, 5.41) is 3.23. The molecule has 17 heavy (non-hydrogen) atoms. The molecular formula is C12H9Br2FN2. The molecule has 0 spiro atoms. The van der Waals surface area contributed by atoms with Crippen molar-refractivity contribution in [2.24, 2.45) is 0 Å². The Morgan fingerprint density at radius 2 is 2.06 bits per heavy atom. The van der Waals surface area contributed by atoms with Crippen molar-refractivity contribution in [3.8, 4) is 0 Å². The lowest BCUT2D eigenvalue weighted by molar-refractivity contribution is 0.626. The minimum absolute atomic E-state index is 0.247. The van der Waals surface area contributed by atoms with Gasteiger partial charge in [0, 0.05) is 17.2 Å². The third-order valence-electron chi connectivity index (χ3n) is 2.24. The van der Waals surface area contributed by atoms with E-state index in [0.29, 0.717) is 6.54 Å². The van der Waals surface area contributed by atoms with Crippen molar-refractivity contribution < 1.29 is 4.39 Å². The summed E-state index contributed by atoms with van der Waals surface area (Å²) in [6.45, 7) is 0.602. The lowest BCUT2D eigenvalue weighted by Crippen LogP contribution is -2.01. The largest absolute Gasteiger partial charge is 0.379 e. The van der Waals surface area contributed by atoms with Gasteiger partial charge in [0.25, 0.3) is 0 Å². The van der Waals surface area contributed by atoms with Crippen molar-refractivity contribution in [1.29, 1.82) is 0 Å². The molecule has 0 fully saturated rings. The Morgan fingerprint density at radius 1 is 1.24 bits per heavy atom. The molecule has 0 amide bonds. The standard InChI is InChI=1S/C12H9Br2FN2/c13-10-6-9(15)4-3-8(10)7-17-11-2-1-5-16-12(11)14/h1-6,17H,7H2. The van der Waals surface area contributed by atoms with Gasteiger partial charge in [0.15, 0.2) is 0 Å².